The molecule has 1 aliphatic rings. The van der Waals surface area contributed by atoms with E-state index >= 15 is 0 Å². The zero-order valence-corrected chi connectivity index (χ0v) is 17.8. The largest absolute Gasteiger partial charge is 0.482 e. The minimum Gasteiger partial charge on any atom is -0.482 e. The second-order valence-corrected chi connectivity index (χ2v) is 6.92. The molecule has 0 atom stereocenters. The monoisotopic (exact) mass is 421 g/mol. The van der Waals surface area contributed by atoms with Crippen LogP contribution in [0.4, 0.5) is 5.69 Å². The number of esters is 2. The molecule has 31 heavy (non-hydrogen) atoms. The lowest BCUT2D eigenvalue weighted by Gasteiger charge is -2.18. The van der Waals surface area contributed by atoms with Crippen LogP contribution in [0.3, 0.4) is 0 Å². The van der Waals surface area contributed by atoms with E-state index in [2.05, 4.69) is 4.74 Å². The van der Waals surface area contributed by atoms with Gasteiger partial charge in [-0.05, 0) is 55.3 Å². The van der Waals surface area contributed by atoms with Gasteiger partial charge >= 0.3 is 11.9 Å². The number of benzene rings is 2. The second-order valence-electron chi connectivity index (χ2n) is 6.92. The number of hydrogen-bond donors (Lipinski definition) is 0. The highest BCUT2D eigenvalue weighted by Crippen LogP contribution is 2.35. The van der Waals surface area contributed by atoms with Gasteiger partial charge in [0.2, 0.25) is 0 Å². The van der Waals surface area contributed by atoms with Gasteiger partial charge in [0.05, 0.1) is 25.4 Å². The number of carbonyl (C=O) groups is 3. The fourth-order valence-electron chi connectivity index (χ4n) is 3.29. The molecule has 0 radical (unpaired) electrons. The smallest absolute Gasteiger partial charge is 0.343 e. The van der Waals surface area contributed by atoms with Crippen LogP contribution in [0.1, 0.15) is 18.1 Å². The van der Waals surface area contributed by atoms with Crippen molar-refractivity contribution in [3.63, 3.8) is 0 Å². The number of carbonyl (C=O) groups excluding carboxylic acids is 3. The van der Waals surface area contributed by atoms with E-state index in [9.17, 15) is 14.4 Å². The van der Waals surface area contributed by atoms with Crippen molar-refractivity contribution < 1.29 is 28.6 Å². The summed E-state index contributed by atoms with van der Waals surface area (Å²) in [6.07, 6.45) is 1.64. The molecule has 160 valence electrons. The average Bonchev–Trinajstić information content (AvgIpc) is 3.01. The fraction of sp³-hybridized carbons (Fsp3) is 0.208. The molecule has 1 amide bonds. The summed E-state index contributed by atoms with van der Waals surface area (Å²) < 4.78 is 14.8. The molecular formula is C24H23NO6. The molecule has 2 aromatic rings. The lowest BCUT2D eigenvalue weighted by atomic mass is 10.0. The van der Waals surface area contributed by atoms with E-state index < -0.39 is 11.9 Å². The van der Waals surface area contributed by atoms with Crippen molar-refractivity contribution in [3.8, 4) is 5.75 Å². The number of nitrogens with zero attached hydrogens (tertiary/aromatic N) is 1. The van der Waals surface area contributed by atoms with Crippen LogP contribution in [0.5, 0.6) is 5.75 Å². The van der Waals surface area contributed by atoms with E-state index in [-0.39, 0.29) is 23.7 Å². The highest BCUT2D eigenvalue weighted by atomic mass is 16.6. The molecule has 1 heterocycles. The molecular weight excluding hydrogens is 398 g/mol. The first-order valence-electron chi connectivity index (χ1n) is 9.57. The second kappa shape index (κ2) is 9.30. The van der Waals surface area contributed by atoms with Gasteiger partial charge in [0.25, 0.3) is 5.91 Å². The maximum atomic E-state index is 13.3. The summed E-state index contributed by atoms with van der Waals surface area (Å²) in [7, 11) is 2.57. The van der Waals surface area contributed by atoms with Crippen LogP contribution in [-0.2, 0) is 23.9 Å². The summed E-state index contributed by atoms with van der Waals surface area (Å²) in [5.41, 5.74) is 3.34. The van der Waals surface area contributed by atoms with Gasteiger partial charge in [-0.15, -0.1) is 0 Å². The number of methoxy groups -OCH3 is 2. The minimum atomic E-state index is -0.578. The Labute approximate surface area is 180 Å². The Kier molecular flexibility index (Phi) is 6.55. The number of hydrogen-bond acceptors (Lipinski definition) is 6. The summed E-state index contributed by atoms with van der Waals surface area (Å²) in [4.78, 5) is 38.5. The Hall–Kier alpha value is -3.87. The van der Waals surface area contributed by atoms with Crippen molar-refractivity contribution in [1.82, 2.24) is 0 Å². The maximum absolute atomic E-state index is 13.3. The number of rotatable bonds is 6. The quantitative estimate of drug-likeness (QED) is 0.525. The van der Waals surface area contributed by atoms with Gasteiger partial charge < -0.3 is 14.2 Å². The van der Waals surface area contributed by atoms with Crippen molar-refractivity contribution in [2.75, 3.05) is 25.7 Å². The van der Waals surface area contributed by atoms with Crippen LogP contribution in [0.15, 0.2) is 65.4 Å². The van der Waals surface area contributed by atoms with Crippen LogP contribution in [0.2, 0.25) is 0 Å². The van der Waals surface area contributed by atoms with Crippen LogP contribution in [0, 0.1) is 6.92 Å². The van der Waals surface area contributed by atoms with E-state index in [1.165, 1.54) is 19.1 Å². The van der Waals surface area contributed by atoms with Crippen molar-refractivity contribution in [2.24, 2.45) is 0 Å². The number of ether oxygens (including phenoxy) is 3. The Morgan fingerprint density at radius 3 is 2.32 bits per heavy atom. The van der Waals surface area contributed by atoms with Crippen LogP contribution >= 0.6 is 0 Å². The van der Waals surface area contributed by atoms with Gasteiger partial charge in [0.1, 0.15) is 5.75 Å². The molecule has 0 unspecified atom stereocenters. The van der Waals surface area contributed by atoms with Crippen molar-refractivity contribution in [3.05, 3.63) is 76.5 Å². The standard InChI is InChI=1S/C24H23NO6/c1-15-6-5-7-18(12-15)25-16(2)22(24(28)30-4)20(23(25)27)13-17-8-10-19(11-9-17)31-14-21(26)29-3/h5-13H,14H2,1-4H3/b20-13-. The number of anilines is 1. The Morgan fingerprint density at radius 2 is 1.71 bits per heavy atom. The molecule has 3 rings (SSSR count). The summed E-state index contributed by atoms with van der Waals surface area (Å²) in [5.74, 6) is -0.895. The van der Waals surface area contributed by atoms with Gasteiger partial charge in [-0.25, -0.2) is 9.59 Å². The number of allylic oxidation sites excluding steroid dienone is 1. The molecule has 0 N–H and O–H groups in total. The molecule has 1 aliphatic heterocycles. The summed E-state index contributed by atoms with van der Waals surface area (Å²) in [6, 6.07) is 14.3. The predicted molar refractivity (Wildman–Crippen MR) is 115 cm³/mol. The zero-order valence-electron chi connectivity index (χ0n) is 17.8. The third kappa shape index (κ3) is 4.66. The third-order valence-corrected chi connectivity index (χ3v) is 4.82. The number of aryl methyl sites for hydroxylation is 1. The maximum Gasteiger partial charge on any atom is 0.343 e. The predicted octanol–water partition coefficient (Wildman–Crippen LogP) is 3.42. The van der Waals surface area contributed by atoms with Crippen molar-refractivity contribution in [1.29, 1.82) is 0 Å². The van der Waals surface area contributed by atoms with E-state index in [0.717, 1.165) is 5.56 Å². The van der Waals surface area contributed by atoms with E-state index in [4.69, 9.17) is 9.47 Å². The lowest BCUT2D eigenvalue weighted by Crippen LogP contribution is -2.24. The van der Waals surface area contributed by atoms with E-state index in [1.807, 2.05) is 31.2 Å². The molecule has 0 saturated carbocycles. The highest BCUT2D eigenvalue weighted by molar-refractivity contribution is 6.23. The first-order chi connectivity index (χ1) is 14.8. The number of amides is 1. The van der Waals surface area contributed by atoms with Crippen molar-refractivity contribution >= 4 is 29.6 Å². The van der Waals surface area contributed by atoms with Crippen LogP contribution in [0.25, 0.3) is 6.08 Å². The molecule has 0 saturated heterocycles. The Balaban J connectivity index is 1.95. The zero-order chi connectivity index (χ0) is 22.5. The van der Waals surface area contributed by atoms with Gasteiger partial charge in [-0.2, -0.15) is 0 Å². The third-order valence-electron chi connectivity index (χ3n) is 4.82. The van der Waals surface area contributed by atoms with Gasteiger partial charge in [0, 0.05) is 11.4 Å². The summed E-state index contributed by atoms with van der Waals surface area (Å²) in [5, 5.41) is 0. The minimum absolute atomic E-state index is 0.199. The molecule has 7 heteroatoms. The summed E-state index contributed by atoms with van der Waals surface area (Å²) in [6.45, 7) is 3.46. The Morgan fingerprint density at radius 1 is 1.00 bits per heavy atom. The first-order valence-corrected chi connectivity index (χ1v) is 9.57. The molecule has 2 aromatic carbocycles. The summed E-state index contributed by atoms with van der Waals surface area (Å²) >= 11 is 0. The molecule has 0 spiro atoms. The van der Waals surface area contributed by atoms with Gasteiger partial charge in [0.15, 0.2) is 6.61 Å². The van der Waals surface area contributed by atoms with E-state index in [1.54, 1.807) is 37.3 Å². The van der Waals surface area contributed by atoms with Gasteiger partial charge in [-0.1, -0.05) is 24.3 Å². The SMILES string of the molecule is COC(=O)COc1ccc(/C=C2\C(=O)N(c3cccc(C)c3)C(C)=C2C(=O)OC)cc1. The molecule has 0 aromatic heterocycles. The lowest BCUT2D eigenvalue weighted by molar-refractivity contribution is -0.143. The van der Waals surface area contributed by atoms with Gasteiger partial charge in [-0.3, -0.25) is 9.69 Å². The fourth-order valence-corrected chi connectivity index (χ4v) is 3.29. The topological polar surface area (TPSA) is 82.1 Å². The Bertz CT molecular complexity index is 1080. The normalized spacial score (nSPS) is 14.8. The van der Waals surface area contributed by atoms with Crippen molar-refractivity contribution in [2.45, 2.75) is 13.8 Å². The van der Waals surface area contributed by atoms with Crippen LogP contribution < -0.4 is 9.64 Å². The van der Waals surface area contributed by atoms with Crippen LogP contribution in [-0.4, -0.2) is 38.7 Å². The van der Waals surface area contributed by atoms with E-state index in [0.29, 0.717) is 22.7 Å². The highest BCUT2D eigenvalue weighted by Gasteiger charge is 2.37. The molecule has 0 aliphatic carbocycles. The molecule has 7 nitrogen and oxygen atoms in total. The first kappa shape index (κ1) is 21.8. The molecule has 0 fully saturated rings. The average molecular weight is 421 g/mol. The molecule has 0 bridgehead atoms.